The van der Waals surface area contributed by atoms with Crippen LogP contribution in [0.15, 0.2) is 23.8 Å². The third kappa shape index (κ3) is 2.27. The van der Waals surface area contributed by atoms with Crippen LogP contribution in [0.25, 0.3) is 0 Å². The molecule has 3 fully saturated rings. The largest absolute Gasteiger partial charge is 0.392 e. The second kappa shape index (κ2) is 5.64. The van der Waals surface area contributed by atoms with Crippen LogP contribution in [0.1, 0.15) is 58.8 Å². The lowest BCUT2D eigenvalue weighted by Crippen LogP contribution is -2.55. The summed E-state index contributed by atoms with van der Waals surface area (Å²) >= 11 is 0. The zero-order valence-electron chi connectivity index (χ0n) is 15.5. The molecule has 3 saturated carbocycles. The minimum absolute atomic E-state index is 0.0297. The normalized spacial score (nSPS) is 46.1. The van der Waals surface area contributed by atoms with Crippen molar-refractivity contribution in [2.45, 2.75) is 58.8 Å². The van der Waals surface area contributed by atoms with Gasteiger partial charge in [-0.05, 0) is 72.3 Å². The molecule has 1 N–H and O–H groups in total. The number of rotatable bonds is 2. The van der Waals surface area contributed by atoms with Crippen molar-refractivity contribution >= 4 is 11.6 Å². The van der Waals surface area contributed by atoms with Crippen LogP contribution in [0.2, 0.25) is 0 Å². The molecule has 4 aliphatic rings. The molecule has 0 aliphatic heterocycles. The Balaban J connectivity index is 1.71. The van der Waals surface area contributed by atoms with E-state index in [-0.39, 0.29) is 35.1 Å². The van der Waals surface area contributed by atoms with Gasteiger partial charge >= 0.3 is 0 Å². The summed E-state index contributed by atoms with van der Waals surface area (Å²) in [5.74, 6) is 1.95. The Morgan fingerprint density at radius 1 is 1.24 bits per heavy atom. The number of carbonyl (C=O) groups is 2. The van der Waals surface area contributed by atoms with Crippen molar-refractivity contribution in [1.29, 1.82) is 0 Å². The van der Waals surface area contributed by atoms with Gasteiger partial charge in [0, 0.05) is 18.8 Å². The summed E-state index contributed by atoms with van der Waals surface area (Å²) in [6, 6.07) is 0. The molecule has 6 atom stereocenters. The molecule has 0 aromatic heterocycles. The van der Waals surface area contributed by atoms with Crippen LogP contribution in [0.5, 0.6) is 0 Å². The fraction of sp³-hybridized carbons (Fsp3) is 0.727. The highest BCUT2D eigenvalue weighted by Gasteiger charge is 2.62. The lowest BCUT2D eigenvalue weighted by molar-refractivity contribution is -0.145. The Labute approximate surface area is 150 Å². The van der Waals surface area contributed by atoms with Crippen LogP contribution in [0.4, 0.5) is 0 Å². The molecule has 136 valence electrons. The molecule has 0 radical (unpaired) electrons. The second-order valence-electron chi connectivity index (χ2n) is 9.44. The van der Waals surface area contributed by atoms with E-state index in [2.05, 4.69) is 20.4 Å². The van der Waals surface area contributed by atoms with Gasteiger partial charge in [-0.1, -0.05) is 26.0 Å². The average Bonchev–Trinajstić information content (AvgIpc) is 2.91. The molecule has 0 spiro atoms. The molecule has 0 heterocycles. The fourth-order valence-corrected chi connectivity index (χ4v) is 7.16. The quantitative estimate of drug-likeness (QED) is 0.775. The van der Waals surface area contributed by atoms with E-state index in [1.807, 2.05) is 6.08 Å². The van der Waals surface area contributed by atoms with Crippen molar-refractivity contribution in [3.8, 4) is 0 Å². The Bertz CT molecular complexity index is 675. The van der Waals surface area contributed by atoms with Crippen LogP contribution in [0.3, 0.4) is 0 Å². The van der Waals surface area contributed by atoms with Gasteiger partial charge in [-0.3, -0.25) is 9.59 Å². The van der Waals surface area contributed by atoms with Gasteiger partial charge in [-0.2, -0.15) is 0 Å². The summed E-state index contributed by atoms with van der Waals surface area (Å²) in [4.78, 5) is 25.3. The maximum atomic E-state index is 13.4. The van der Waals surface area contributed by atoms with Gasteiger partial charge in [0.2, 0.25) is 0 Å². The molecule has 4 rings (SSSR count). The van der Waals surface area contributed by atoms with E-state index in [1.54, 1.807) is 0 Å². The lowest BCUT2D eigenvalue weighted by atomic mass is 9.46. The zero-order chi connectivity index (χ0) is 18.0. The van der Waals surface area contributed by atoms with Crippen molar-refractivity contribution in [2.75, 3.05) is 6.61 Å². The third-order valence-corrected chi connectivity index (χ3v) is 8.35. The molecule has 0 bridgehead atoms. The summed E-state index contributed by atoms with van der Waals surface area (Å²) in [7, 11) is 0. The maximum absolute atomic E-state index is 13.4. The van der Waals surface area contributed by atoms with Gasteiger partial charge in [0.15, 0.2) is 5.78 Å². The summed E-state index contributed by atoms with van der Waals surface area (Å²) < 4.78 is 0. The number of carbonyl (C=O) groups excluding carboxylic acids is 2. The highest BCUT2D eigenvalue weighted by atomic mass is 16.3. The minimum atomic E-state index is -0.110. The summed E-state index contributed by atoms with van der Waals surface area (Å²) in [6.45, 7) is 8.63. The van der Waals surface area contributed by atoms with Crippen LogP contribution in [0, 0.1) is 34.5 Å². The Hall–Kier alpha value is -1.22. The number of hydrogen-bond donors (Lipinski definition) is 1. The Kier molecular flexibility index (Phi) is 3.88. The maximum Gasteiger partial charge on any atom is 0.155 e. The van der Waals surface area contributed by atoms with Crippen molar-refractivity contribution in [3.05, 3.63) is 23.8 Å². The first-order valence-electron chi connectivity index (χ1n) is 9.86. The van der Waals surface area contributed by atoms with Crippen molar-refractivity contribution in [3.63, 3.8) is 0 Å². The monoisotopic (exact) mass is 342 g/mol. The minimum Gasteiger partial charge on any atom is -0.392 e. The molecular formula is C22H30O3. The van der Waals surface area contributed by atoms with E-state index in [0.29, 0.717) is 30.5 Å². The van der Waals surface area contributed by atoms with E-state index < -0.39 is 0 Å². The Morgan fingerprint density at radius 2 is 2.00 bits per heavy atom. The van der Waals surface area contributed by atoms with Gasteiger partial charge in [-0.15, -0.1) is 0 Å². The van der Waals surface area contributed by atoms with Crippen LogP contribution < -0.4 is 0 Å². The molecule has 3 nitrogen and oxygen atoms in total. The summed E-state index contributed by atoms with van der Waals surface area (Å²) in [5.41, 5.74) is 1.99. The van der Waals surface area contributed by atoms with E-state index in [9.17, 15) is 14.7 Å². The van der Waals surface area contributed by atoms with Gasteiger partial charge in [-0.25, -0.2) is 0 Å². The number of allylic oxidation sites excluding steroid dienone is 1. The standard InChI is InChI=1S/C22H30O3/c1-13(12-23)17-6-7-18-16-5-4-14-10-15(24)8-9-21(14,2)20(16)19(25)11-22(17,18)3/h10,16-18,20,23H,1,4-9,11-12H2,2-3H3. The predicted octanol–water partition coefficient (Wildman–Crippen LogP) is 3.86. The first-order chi connectivity index (χ1) is 11.8. The first kappa shape index (κ1) is 17.2. The van der Waals surface area contributed by atoms with Crippen molar-refractivity contribution in [1.82, 2.24) is 0 Å². The second-order valence-corrected chi connectivity index (χ2v) is 9.44. The topological polar surface area (TPSA) is 54.4 Å². The van der Waals surface area contributed by atoms with E-state index in [0.717, 1.165) is 37.7 Å². The number of Topliss-reactive ketones (excluding diaryl/α,β-unsaturated/α-hetero) is 1. The molecule has 3 heteroatoms. The van der Waals surface area contributed by atoms with E-state index in [1.165, 1.54) is 5.57 Å². The number of ketones is 2. The zero-order valence-corrected chi connectivity index (χ0v) is 15.5. The van der Waals surface area contributed by atoms with E-state index in [4.69, 9.17) is 0 Å². The summed E-state index contributed by atoms with van der Waals surface area (Å²) in [5, 5.41) is 9.59. The van der Waals surface area contributed by atoms with E-state index >= 15 is 0 Å². The molecule has 25 heavy (non-hydrogen) atoms. The van der Waals surface area contributed by atoms with Gasteiger partial charge in [0.25, 0.3) is 0 Å². The molecule has 4 aliphatic carbocycles. The fourth-order valence-electron chi connectivity index (χ4n) is 7.16. The first-order valence-corrected chi connectivity index (χ1v) is 9.86. The van der Waals surface area contributed by atoms with Crippen LogP contribution >= 0.6 is 0 Å². The molecule has 0 aromatic carbocycles. The molecule has 0 saturated heterocycles. The van der Waals surface area contributed by atoms with Crippen LogP contribution in [-0.4, -0.2) is 23.3 Å². The number of aliphatic hydroxyl groups excluding tert-OH is 1. The number of aliphatic hydroxyl groups is 1. The van der Waals surface area contributed by atoms with Crippen LogP contribution in [-0.2, 0) is 9.59 Å². The molecular weight excluding hydrogens is 312 g/mol. The Morgan fingerprint density at radius 3 is 2.72 bits per heavy atom. The van der Waals surface area contributed by atoms with Gasteiger partial charge < -0.3 is 5.11 Å². The third-order valence-electron chi connectivity index (χ3n) is 8.35. The summed E-state index contributed by atoms with van der Waals surface area (Å²) in [6.07, 6.45) is 8.07. The average molecular weight is 342 g/mol. The molecule has 0 aromatic rings. The van der Waals surface area contributed by atoms with Crippen molar-refractivity contribution in [2.24, 2.45) is 34.5 Å². The highest BCUT2D eigenvalue weighted by molar-refractivity contribution is 5.93. The smallest absolute Gasteiger partial charge is 0.155 e. The molecule has 6 unspecified atom stereocenters. The predicted molar refractivity (Wildman–Crippen MR) is 96.8 cm³/mol. The van der Waals surface area contributed by atoms with Gasteiger partial charge in [0.1, 0.15) is 5.78 Å². The molecule has 0 amide bonds. The van der Waals surface area contributed by atoms with Crippen molar-refractivity contribution < 1.29 is 14.7 Å². The number of hydrogen-bond acceptors (Lipinski definition) is 3. The highest BCUT2D eigenvalue weighted by Crippen LogP contribution is 2.66. The lowest BCUT2D eigenvalue weighted by Gasteiger charge is -2.57. The SMILES string of the molecule is C=C(CO)C1CCC2C3CCC4=CC(=O)CCC4(C)C3C(=O)CC12C. The van der Waals surface area contributed by atoms with Gasteiger partial charge in [0.05, 0.1) is 6.61 Å². The number of fused-ring (bicyclic) bond motifs is 5.